The van der Waals surface area contributed by atoms with Crippen molar-refractivity contribution in [2.75, 3.05) is 0 Å². The van der Waals surface area contributed by atoms with Gasteiger partial charge in [0.25, 0.3) is 0 Å². The molecule has 2 N–H and O–H groups in total. The lowest BCUT2D eigenvalue weighted by atomic mass is 9.75. The molecule has 3 aromatic carbocycles. The Morgan fingerprint density at radius 3 is 2.18 bits per heavy atom. The van der Waals surface area contributed by atoms with Crippen molar-refractivity contribution in [3.63, 3.8) is 0 Å². The molecule has 55 heavy (non-hydrogen) atoms. The number of rotatable bonds is 5. The first-order valence-corrected chi connectivity index (χ1v) is 18.8. The zero-order chi connectivity index (χ0) is 37.0. The monoisotopic (exact) mass is 716 g/mol. The number of nitrogens with one attached hydrogen (secondary N) is 2. The fourth-order valence-electron chi connectivity index (χ4n) is 8.63. The van der Waals surface area contributed by atoms with Gasteiger partial charge < -0.3 is 9.97 Å². The average molecular weight is 717 g/mol. The summed E-state index contributed by atoms with van der Waals surface area (Å²) in [6.07, 6.45) is 11.2. The number of H-pyrrole nitrogens is 2. The molecule has 8 nitrogen and oxygen atoms in total. The number of nitrogens with zero attached hydrogens (tertiary/aromatic N) is 4. The Morgan fingerprint density at radius 2 is 1.36 bits per heavy atom. The number of fused-ring (bicyclic) bond motifs is 4. The molecule has 9 aromatic rings. The van der Waals surface area contributed by atoms with Gasteiger partial charge in [0.05, 0.1) is 33.2 Å². The molecule has 2 atom stereocenters. The average Bonchev–Trinajstić information content (AvgIpc) is 3.23. The molecule has 6 heterocycles. The molecule has 0 spiro atoms. The standard InChI is InChI=1S/C47H36N6O2/c1-27-34(37-25-39-43(55)17-20-50-47(39)52-44(37)28-7-3-2-4-8-28)13-15-41-35(27)23-33(26-51-41)29-9-5-10-32(21-29)45-36(24-38-42(54)16-19-49-46(38)53-45)30-12-14-40-31(22-30)11-6-18-48-40/h2-4,6-8,11-20,22-26,29,32H,5,9-10,21H2,1H3,(H,49,53,54)(H,50,52,55). The van der Waals surface area contributed by atoms with E-state index in [1.165, 1.54) is 5.56 Å². The van der Waals surface area contributed by atoms with Gasteiger partial charge in [-0.1, -0.05) is 55.0 Å². The number of aromatic amines is 2. The van der Waals surface area contributed by atoms with Gasteiger partial charge in [0.2, 0.25) is 0 Å². The molecular formula is C47H36N6O2. The summed E-state index contributed by atoms with van der Waals surface area (Å²) in [6, 6.07) is 34.1. The van der Waals surface area contributed by atoms with Crippen LogP contribution in [0, 0.1) is 6.92 Å². The van der Waals surface area contributed by atoms with E-state index in [0.29, 0.717) is 22.1 Å². The van der Waals surface area contributed by atoms with Gasteiger partial charge in [-0.3, -0.25) is 19.6 Å². The normalized spacial score (nSPS) is 15.9. The SMILES string of the molecule is Cc1c(-c2cc3c(=O)cc[nH]c3nc2-c2ccccc2)ccc2ncc(C3CCCC(c4nc5[nH]ccc(=O)c5cc4-c4ccc5ncccc5c4)C3)cc12. The molecule has 0 saturated heterocycles. The lowest BCUT2D eigenvalue weighted by molar-refractivity contribution is 0.389. The fourth-order valence-corrected chi connectivity index (χ4v) is 8.63. The summed E-state index contributed by atoms with van der Waals surface area (Å²) in [7, 11) is 0. The van der Waals surface area contributed by atoms with Crippen molar-refractivity contribution in [3.8, 4) is 33.5 Å². The zero-order valence-corrected chi connectivity index (χ0v) is 30.2. The lowest BCUT2D eigenvalue weighted by Gasteiger charge is -2.30. The Kier molecular flexibility index (Phi) is 7.91. The Labute approximate surface area is 316 Å². The molecule has 0 radical (unpaired) electrons. The maximum Gasteiger partial charge on any atom is 0.191 e. The van der Waals surface area contributed by atoms with Crippen LogP contribution in [0.1, 0.15) is 54.3 Å². The summed E-state index contributed by atoms with van der Waals surface area (Å²) in [5.41, 5.74) is 12.0. The summed E-state index contributed by atoms with van der Waals surface area (Å²) < 4.78 is 0. The van der Waals surface area contributed by atoms with Crippen LogP contribution in [0.5, 0.6) is 0 Å². The second kappa shape index (κ2) is 13.2. The summed E-state index contributed by atoms with van der Waals surface area (Å²) in [5, 5.41) is 3.29. The Morgan fingerprint density at radius 1 is 0.618 bits per heavy atom. The predicted molar refractivity (Wildman–Crippen MR) is 220 cm³/mol. The van der Waals surface area contributed by atoms with Gasteiger partial charge in [-0.25, -0.2) is 9.97 Å². The number of aryl methyl sites for hydroxylation is 1. The molecule has 0 amide bonds. The summed E-state index contributed by atoms with van der Waals surface area (Å²) in [6.45, 7) is 2.14. The van der Waals surface area contributed by atoms with Crippen LogP contribution in [0.25, 0.3) is 77.4 Å². The van der Waals surface area contributed by atoms with E-state index in [0.717, 1.165) is 92.3 Å². The van der Waals surface area contributed by atoms with Crippen LogP contribution in [0.2, 0.25) is 0 Å². The third-order valence-electron chi connectivity index (χ3n) is 11.5. The van der Waals surface area contributed by atoms with Crippen LogP contribution in [0.15, 0.2) is 138 Å². The van der Waals surface area contributed by atoms with Crippen molar-refractivity contribution in [2.45, 2.75) is 44.4 Å². The van der Waals surface area contributed by atoms with E-state index in [1.807, 2.05) is 54.9 Å². The largest absolute Gasteiger partial charge is 0.346 e. The van der Waals surface area contributed by atoms with Gasteiger partial charge in [-0.15, -0.1) is 0 Å². The topological polar surface area (TPSA) is 117 Å². The third kappa shape index (κ3) is 5.78. The first kappa shape index (κ1) is 32.8. The highest BCUT2D eigenvalue weighted by Gasteiger charge is 2.29. The van der Waals surface area contributed by atoms with E-state index < -0.39 is 0 Å². The first-order chi connectivity index (χ1) is 27.0. The Hall–Kier alpha value is -6.80. The van der Waals surface area contributed by atoms with Crippen LogP contribution < -0.4 is 10.9 Å². The lowest BCUT2D eigenvalue weighted by Crippen LogP contribution is -2.16. The molecule has 0 bridgehead atoms. The molecule has 2 unspecified atom stereocenters. The highest BCUT2D eigenvalue weighted by Crippen LogP contribution is 2.45. The van der Waals surface area contributed by atoms with Crippen molar-refractivity contribution in [1.29, 1.82) is 0 Å². The van der Waals surface area contributed by atoms with E-state index in [-0.39, 0.29) is 22.7 Å². The zero-order valence-electron chi connectivity index (χ0n) is 30.2. The minimum Gasteiger partial charge on any atom is -0.346 e. The smallest absolute Gasteiger partial charge is 0.191 e. The van der Waals surface area contributed by atoms with E-state index in [2.05, 4.69) is 70.4 Å². The van der Waals surface area contributed by atoms with Gasteiger partial charge in [-0.05, 0) is 96.8 Å². The molecule has 6 aromatic heterocycles. The quantitative estimate of drug-likeness (QED) is 0.183. The van der Waals surface area contributed by atoms with E-state index in [1.54, 1.807) is 24.5 Å². The first-order valence-electron chi connectivity index (χ1n) is 18.8. The van der Waals surface area contributed by atoms with Crippen molar-refractivity contribution >= 4 is 43.9 Å². The van der Waals surface area contributed by atoms with Crippen LogP contribution in [-0.2, 0) is 0 Å². The van der Waals surface area contributed by atoms with Gasteiger partial charge in [0.1, 0.15) is 11.3 Å². The highest BCUT2D eigenvalue weighted by atomic mass is 16.1. The Bertz CT molecular complexity index is 3080. The molecule has 10 rings (SSSR count). The number of pyridine rings is 6. The van der Waals surface area contributed by atoms with Crippen molar-refractivity contribution < 1.29 is 0 Å². The van der Waals surface area contributed by atoms with Gasteiger partial charge >= 0.3 is 0 Å². The molecule has 0 aliphatic heterocycles. The predicted octanol–water partition coefficient (Wildman–Crippen LogP) is 10.0. The van der Waals surface area contributed by atoms with Crippen molar-refractivity contribution in [2.24, 2.45) is 0 Å². The summed E-state index contributed by atoms with van der Waals surface area (Å²) in [4.78, 5) is 52.2. The molecule has 1 fully saturated rings. The van der Waals surface area contributed by atoms with Crippen LogP contribution in [-0.4, -0.2) is 29.9 Å². The van der Waals surface area contributed by atoms with Gasteiger partial charge in [0, 0.05) is 70.3 Å². The van der Waals surface area contributed by atoms with Crippen LogP contribution >= 0.6 is 0 Å². The third-order valence-corrected chi connectivity index (χ3v) is 11.5. The molecular weight excluding hydrogens is 681 g/mol. The van der Waals surface area contributed by atoms with E-state index >= 15 is 0 Å². The minimum atomic E-state index is -0.0654. The number of benzene rings is 3. The second-order valence-electron chi connectivity index (χ2n) is 14.7. The fraction of sp³-hybridized carbons (Fsp3) is 0.149. The van der Waals surface area contributed by atoms with Crippen molar-refractivity contribution in [3.05, 3.63) is 165 Å². The van der Waals surface area contributed by atoms with E-state index in [4.69, 9.17) is 15.0 Å². The minimum absolute atomic E-state index is 0.0443. The number of hydrogen-bond donors (Lipinski definition) is 2. The maximum absolute atomic E-state index is 13.0. The number of aromatic nitrogens is 6. The Balaban J connectivity index is 1.06. The molecule has 1 saturated carbocycles. The van der Waals surface area contributed by atoms with Gasteiger partial charge in [0.15, 0.2) is 10.9 Å². The molecule has 8 heteroatoms. The number of hydrogen-bond acceptors (Lipinski definition) is 6. The van der Waals surface area contributed by atoms with Crippen LogP contribution in [0.4, 0.5) is 0 Å². The van der Waals surface area contributed by atoms with Crippen LogP contribution in [0.3, 0.4) is 0 Å². The van der Waals surface area contributed by atoms with E-state index in [9.17, 15) is 9.59 Å². The highest BCUT2D eigenvalue weighted by molar-refractivity contribution is 5.96. The molecule has 266 valence electrons. The maximum atomic E-state index is 13.0. The molecule has 1 aliphatic rings. The molecule has 1 aliphatic carbocycles. The van der Waals surface area contributed by atoms with Gasteiger partial charge in [-0.2, -0.15) is 0 Å². The second-order valence-corrected chi connectivity index (χ2v) is 14.7. The summed E-state index contributed by atoms with van der Waals surface area (Å²) >= 11 is 0. The van der Waals surface area contributed by atoms with Crippen molar-refractivity contribution in [1.82, 2.24) is 29.9 Å². The summed E-state index contributed by atoms with van der Waals surface area (Å²) in [5.74, 6) is 0.463.